The summed E-state index contributed by atoms with van der Waals surface area (Å²) in [5.41, 5.74) is 5.21. The van der Waals surface area contributed by atoms with Crippen molar-refractivity contribution < 1.29 is 96.8 Å². The first-order chi connectivity index (χ1) is 50.9. The molecule has 1 aromatic heterocycles. The Kier molecular flexibility index (Phi) is 34.2. The molecule has 7 aliphatic rings. The second kappa shape index (κ2) is 39.8. The van der Waals surface area contributed by atoms with Crippen LogP contribution in [-0.4, -0.2) is 404 Å². The molecule has 39 nitrogen and oxygen atoms in total. The molecule has 0 saturated carbocycles. The lowest BCUT2D eigenvalue weighted by Crippen LogP contribution is -2.51. The quantitative estimate of drug-likeness (QED) is 0.0805. The molecule has 0 amide bonds. The predicted octanol–water partition coefficient (Wildman–Crippen LogP) is 5.49. The molecule has 2 N–H and O–H groups in total. The van der Waals surface area contributed by atoms with E-state index in [4.69, 9.17) is 70.6 Å². The maximum Gasteiger partial charge on any atom is 0.351 e. The summed E-state index contributed by atoms with van der Waals surface area (Å²) in [6, 6.07) is 1.43. The number of nitrogens with two attached hydrogens (primary N) is 1. The van der Waals surface area contributed by atoms with E-state index in [1.165, 1.54) is 35.5 Å². The number of rotatable bonds is 37. The van der Waals surface area contributed by atoms with Gasteiger partial charge in [-0.2, -0.15) is 4.98 Å². The highest BCUT2D eigenvalue weighted by atomic mass is 31.2. The van der Waals surface area contributed by atoms with E-state index in [-0.39, 0.29) is 148 Å². The van der Waals surface area contributed by atoms with E-state index >= 15 is 22.8 Å². The third-order valence-electron chi connectivity index (χ3n) is 19.9. The lowest BCUT2D eigenvalue weighted by atomic mass is 10.2. The first kappa shape index (κ1) is 93.7. The van der Waals surface area contributed by atoms with Crippen molar-refractivity contribution >= 4 is 59.4 Å². The molecule has 109 heavy (non-hydrogen) atoms. The van der Waals surface area contributed by atoms with Gasteiger partial charge in [0.15, 0.2) is 6.23 Å². The van der Waals surface area contributed by atoms with Crippen molar-refractivity contribution in [3.05, 3.63) is 22.7 Å². The van der Waals surface area contributed by atoms with Gasteiger partial charge in [0.05, 0.1) is 132 Å². The number of hydrogen-bond acceptors (Lipinski definition) is 25. The Hall–Kier alpha value is -0.830. The first-order valence-electron chi connectivity index (χ1n) is 37.6. The highest BCUT2D eigenvalue weighted by molar-refractivity contribution is 7.56. The fraction of sp³-hybridized carbons (Fsp3) is 0.937. The van der Waals surface area contributed by atoms with Crippen LogP contribution in [-0.2, 0) is 96.8 Å². The number of nitrogens with zero attached hydrogens (tertiary/aromatic N) is 16. The van der Waals surface area contributed by atoms with Gasteiger partial charge < -0.3 is 70.6 Å². The molecule has 7 aliphatic heterocycles. The summed E-state index contributed by atoms with van der Waals surface area (Å²) in [5.74, 6) is -0.0276. The van der Waals surface area contributed by atoms with Crippen LogP contribution in [0.1, 0.15) is 61.6 Å². The highest BCUT2D eigenvalue weighted by Gasteiger charge is 2.51. The van der Waals surface area contributed by atoms with Crippen LogP contribution in [0.2, 0.25) is 0 Å². The van der Waals surface area contributed by atoms with Crippen molar-refractivity contribution in [1.29, 1.82) is 0 Å². The molecule has 1 aromatic rings. The van der Waals surface area contributed by atoms with Gasteiger partial charge in [-0.1, -0.05) is 13.8 Å². The molecule has 634 valence electrons. The van der Waals surface area contributed by atoms with Crippen LogP contribution < -0.4 is 11.4 Å². The van der Waals surface area contributed by atoms with Gasteiger partial charge >= 0.3 is 51.7 Å². The number of likely N-dealkylation sites (N-methyl/N-ethyl adjacent to an activating group) is 1. The van der Waals surface area contributed by atoms with Gasteiger partial charge in [0.2, 0.25) is 0 Å². The molecule has 0 aromatic carbocycles. The van der Waals surface area contributed by atoms with E-state index in [1.54, 1.807) is 148 Å². The summed E-state index contributed by atoms with van der Waals surface area (Å²) in [6.45, 7) is 18.0. The Morgan fingerprint density at radius 1 is 0.367 bits per heavy atom. The normalized spacial score (nSPS) is 33.1. The number of ether oxygens (including phenoxy) is 7. The van der Waals surface area contributed by atoms with Crippen LogP contribution in [0.15, 0.2) is 17.1 Å². The summed E-state index contributed by atoms with van der Waals surface area (Å²) >= 11 is 0. The van der Waals surface area contributed by atoms with Gasteiger partial charge in [-0.15, -0.1) is 0 Å². The van der Waals surface area contributed by atoms with Gasteiger partial charge in [0, 0.05) is 97.4 Å². The van der Waals surface area contributed by atoms with Gasteiger partial charge in [0.1, 0.15) is 5.82 Å². The topological polar surface area (TPSA) is 355 Å². The van der Waals surface area contributed by atoms with E-state index < -0.39 is 120 Å². The van der Waals surface area contributed by atoms with E-state index in [0.717, 1.165) is 13.1 Å². The van der Waals surface area contributed by atoms with Gasteiger partial charge in [-0.05, 0) is 153 Å². The predicted molar refractivity (Wildman–Crippen MR) is 416 cm³/mol. The molecule has 0 bridgehead atoms. The monoisotopic (exact) mass is 1690 g/mol. The molecule has 0 spiro atoms. The first-order valence-corrected chi connectivity index (χ1v) is 48.5. The number of aromatic nitrogens is 2. The Labute approximate surface area is 647 Å². The van der Waals surface area contributed by atoms with Crippen molar-refractivity contribution in [2.75, 3.05) is 255 Å². The summed E-state index contributed by atoms with van der Waals surface area (Å²) in [4.78, 5) is 19.9. The molecule has 7 fully saturated rings. The second-order valence-corrected chi connectivity index (χ2v) is 49.2. The summed E-state index contributed by atoms with van der Waals surface area (Å²) in [5, 5.41) is 0. The molecule has 8 rings (SSSR count). The minimum Gasteiger partial charge on any atom is -0.383 e. The number of nitrogen functional groups attached to an aromatic ring is 1. The zero-order valence-electron chi connectivity index (χ0n) is 68.3. The zero-order valence-corrected chi connectivity index (χ0v) is 74.6. The van der Waals surface area contributed by atoms with Crippen LogP contribution in [0.25, 0.3) is 0 Å². The van der Waals surface area contributed by atoms with Crippen LogP contribution in [0.3, 0.4) is 0 Å². The van der Waals surface area contributed by atoms with Crippen LogP contribution in [0, 0.1) is 0 Å². The molecule has 7 unspecified atom stereocenters. The third kappa shape index (κ3) is 23.4. The molecule has 8 heterocycles. The van der Waals surface area contributed by atoms with Crippen molar-refractivity contribution in [2.45, 2.75) is 141 Å². The fourth-order valence-electron chi connectivity index (χ4n) is 14.5. The number of hydrogen-bond donors (Lipinski definition) is 1. The minimum absolute atomic E-state index is 0.00669. The lowest BCUT2D eigenvalue weighted by molar-refractivity contribution is -0.123. The van der Waals surface area contributed by atoms with Crippen molar-refractivity contribution in [3.63, 3.8) is 0 Å². The van der Waals surface area contributed by atoms with Crippen LogP contribution >= 0.6 is 53.5 Å². The molecular weight excluding hydrogens is 1560 g/mol. The number of morpholine rings is 7. The Balaban J connectivity index is 0.915. The lowest BCUT2D eigenvalue weighted by Gasteiger charge is -2.46. The fourth-order valence-corrected chi connectivity index (χ4v) is 28.3. The van der Waals surface area contributed by atoms with Gasteiger partial charge in [-0.3, -0.25) is 41.4 Å². The average molecular weight is 1690 g/mol. The van der Waals surface area contributed by atoms with Gasteiger partial charge in [0.25, 0.3) is 7.52 Å². The van der Waals surface area contributed by atoms with E-state index in [0.29, 0.717) is 19.3 Å². The largest absolute Gasteiger partial charge is 0.383 e. The molecular formula is C63H130N17O22P7. The summed E-state index contributed by atoms with van der Waals surface area (Å²) in [6.07, 6.45) is -6.39. The Morgan fingerprint density at radius 2 is 0.615 bits per heavy atom. The average Bonchev–Trinajstić information content (AvgIpc) is 0.787. The summed E-state index contributed by atoms with van der Waals surface area (Å²) in [7, 11) is -3.05. The maximum atomic E-state index is 15.8. The van der Waals surface area contributed by atoms with Crippen LogP contribution in [0.5, 0.6) is 0 Å². The molecule has 0 aliphatic carbocycles. The molecule has 7 saturated heterocycles. The minimum atomic E-state index is -4.15. The third-order valence-corrected chi connectivity index (χ3v) is 37.7. The molecule has 21 atom stereocenters. The van der Waals surface area contributed by atoms with Gasteiger partial charge in [-0.25, -0.2) is 65.5 Å². The van der Waals surface area contributed by atoms with Crippen molar-refractivity contribution in [3.8, 4) is 0 Å². The number of anilines is 1. The summed E-state index contributed by atoms with van der Waals surface area (Å²) < 4.78 is 217. The smallest absolute Gasteiger partial charge is 0.351 e. The van der Waals surface area contributed by atoms with Crippen molar-refractivity contribution in [2.24, 2.45) is 0 Å². The van der Waals surface area contributed by atoms with E-state index in [9.17, 15) is 13.9 Å². The zero-order chi connectivity index (χ0) is 80.7. The Morgan fingerprint density at radius 3 is 0.862 bits per heavy atom. The van der Waals surface area contributed by atoms with Crippen molar-refractivity contribution in [1.82, 2.24) is 75.2 Å². The second-order valence-electron chi connectivity index (χ2n) is 30.6. The Bertz CT molecular complexity index is 3510. The molecule has 0 radical (unpaired) electrons. The van der Waals surface area contributed by atoms with E-state index in [1.807, 2.05) is 41.5 Å². The SMILES string of the molecule is CCN1C[C@@H](COP(=O)(N(C)C)N2C[C@@H](COP(=O)(N(C)C)N3C[C@@H](COP(=O)(N(C)C)N4C[C@@H](COP(=O)(N(C)C)N5C[C@@H](COP(=O)(N(C)C)N6C[C@@H](COP(=O)(N(C)C)N7C[C@@H](COP(=O)(CC)N(C)C)O[C@@H](C)C7)O[C@@H](C)C6)O[C@@H](n6ccc(N)nc6=O)C5)O[C@@H](C)C4)O[C@@H](C)C3)O[C@@H](C)C2)O[C@@H](C)C1. The molecule has 46 heteroatoms. The standard InChI is InChI=1S/C63H130N17O22P7/c1-23-73-27-48(3)96-54(33-73)42-90-104(83,67(11)12)75-29-50(5)98-56(35-75)44-92-106(85,69(15)16)76-30-51(6)99-57(36-76)45-93-107(86,70(17)18)77-31-52(7)101-59(38-77)46-94-109(88,72(21)22)79-39-60(102-62(40-79)80-26-25-61(64)65-63(80)81)47-95-108(87,71(19)20)78-32-53(8)100-58(37-78)43-91-105(84,68(13)14)74-28-49(4)97-55(34-74)41-89-103(82,24-2)66(9)10/h25-26,48-60,62H,23-24,27-47H2,1-22H3,(H2,64,65,81)/t48-,49-,50-,51-,52-,53-,54-,55-,56-,57-,58-,59-,60-,62+,103?,104?,105?,106?,107?,108?,109?/m0/s1. The maximum absolute atomic E-state index is 15.8. The van der Waals surface area contributed by atoms with E-state index in [2.05, 4.69) is 16.8 Å². The highest BCUT2D eigenvalue weighted by Crippen LogP contribution is 2.61. The van der Waals surface area contributed by atoms with Crippen LogP contribution in [0.4, 0.5) is 5.82 Å².